The summed E-state index contributed by atoms with van der Waals surface area (Å²) in [4.78, 5) is 17.2. The number of aromatic nitrogens is 3. The number of hydrogen-bond donors (Lipinski definition) is 1. The third-order valence-electron chi connectivity index (χ3n) is 3.68. The summed E-state index contributed by atoms with van der Waals surface area (Å²) >= 11 is 5.99. The van der Waals surface area contributed by atoms with E-state index in [2.05, 4.69) is 51.0 Å². The van der Waals surface area contributed by atoms with Crippen molar-refractivity contribution < 1.29 is 0 Å². The van der Waals surface area contributed by atoms with Gasteiger partial charge in [-0.3, -0.25) is 0 Å². The van der Waals surface area contributed by atoms with Crippen molar-refractivity contribution in [2.24, 2.45) is 5.92 Å². The van der Waals surface area contributed by atoms with Crippen LogP contribution in [0.5, 0.6) is 0 Å². The highest BCUT2D eigenvalue weighted by Crippen LogP contribution is 2.17. The molecular formula is C13H23ClN6. The summed E-state index contributed by atoms with van der Waals surface area (Å²) in [6, 6.07) is 0. The molecule has 0 amide bonds. The maximum atomic E-state index is 5.99. The highest BCUT2D eigenvalue weighted by molar-refractivity contribution is 6.28. The third kappa shape index (κ3) is 3.93. The van der Waals surface area contributed by atoms with Crippen molar-refractivity contribution in [2.75, 3.05) is 50.0 Å². The molecule has 1 atom stereocenters. The van der Waals surface area contributed by atoms with Crippen LogP contribution in [0.3, 0.4) is 0 Å². The van der Waals surface area contributed by atoms with Crippen LogP contribution in [0.25, 0.3) is 0 Å². The fourth-order valence-electron chi connectivity index (χ4n) is 2.50. The summed E-state index contributed by atoms with van der Waals surface area (Å²) in [7, 11) is 2.15. The molecule has 6 nitrogen and oxygen atoms in total. The van der Waals surface area contributed by atoms with Gasteiger partial charge >= 0.3 is 0 Å². The quantitative estimate of drug-likeness (QED) is 0.863. The lowest BCUT2D eigenvalue weighted by Gasteiger charge is -2.19. The van der Waals surface area contributed by atoms with Crippen molar-refractivity contribution in [2.45, 2.75) is 20.3 Å². The zero-order chi connectivity index (χ0) is 14.5. The van der Waals surface area contributed by atoms with Gasteiger partial charge in [0, 0.05) is 26.2 Å². The molecule has 1 unspecified atom stereocenters. The maximum absolute atomic E-state index is 5.99. The van der Waals surface area contributed by atoms with Gasteiger partial charge in [-0.15, -0.1) is 0 Å². The predicted octanol–water partition coefficient (Wildman–Crippen LogP) is 1.73. The van der Waals surface area contributed by atoms with Crippen LogP contribution in [0.4, 0.5) is 11.9 Å². The molecule has 1 aliphatic heterocycles. The number of likely N-dealkylation sites (tertiary alicyclic amines) is 1. The Bertz CT molecular complexity index is 437. The van der Waals surface area contributed by atoms with Gasteiger partial charge in [0.2, 0.25) is 17.2 Å². The zero-order valence-electron chi connectivity index (χ0n) is 12.4. The highest BCUT2D eigenvalue weighted by Gasteiger charge is 2.19. The third-order valence-corrected chi connectivity index (χ3v) is 3.85. The minimum Gasteiger partial charge on any atom is -0.354 e. The average Bonchev–Trinajstić information content (AvgIpc) is 2.83. The Kier molecular flexibility index (Phi) is 5.37. The lowest BCUT2D eigenvalue weighted by molar-refractivity contribution is 0.399. The van der Waals surface area contributed by atoms with E-state index in [0.29, 0.717) is 17.8 Å². The van der Waals surface area contributed by atoms with Crippen molar-refractivity contribution in [3.8, 4) is 0 Å². The molecule has 1 aliphatic rings. The van der Waals surface area contributed by atoms with Gasteiger partial charge in [-0.25, -0.2) is 0 Å². The summed E-state index contributed by atoms with van der Waals surface area (Å²) in [5.74, 6) is 1.86. The Hall–Kier alpha value is -1.14. The van der Waals surface area contributed by atoms with E-state index in [9.17, 15) is 0 Å². The topological polar surface area (TPSA) is 57.2 Å². The van der Waals surface area contributed by atoms with Gasteiger partial charge < -0.3 is 15.1 Å². The van der Waals surface area contributed by atoms with Crippen LogP contribution < -0.4 is 10.2 Å². The van der Waals surface area contributed by atoms with E-state index in [-0.39, 0.29) is 5.28 Å². The number of anilines is 2. The average molecular weight is 299 g/mol. The van der Waals surface area contributed by atoms with Crippen LogP contribution in [0.2, 0.25) is 5.28 Å². The van der Waals surface area contributed by atoms with E-state index in [1.54, 1.807) is 0 Å². The van der Waals surface area contributed by atoms with Crippen molar-refractivity contribution in [3.05, 3.63) is 5.28 Å². The SMILES string of the molecule is CCN(CC)c1nc(Cl)nc(NCC2CCN(C)C2)n1. The Morgan fingerprint density at radius 1 is 1.30 bits per heavy atom. The summed E-state index contributed by atoms with van der Waals surface area (Å²) in [5.41, 5.74) is 0. The smallest absolute Gasteiger partial charge is 0.231 e. The molecule has 2 rings (SSSR count). The minimum absolute atomic E-state index is 0.243. The van der Waals surface area contributed by atoms with Gasteiger partial charge in [0.15, 0.2) is 0 Å². The molecule has 0 aliphatic carbocycles. The Balaban J connectivity index is 2.00. The van der Waals surface area contributed by atoms with Gasteiger partial charge in [0.1, 0.15) is 0 Å². The van der Waals surface area contributed by atoms with Gasteiger partial charge in [-0.2, -0.15) is 15.0 Å². The Morgan fingerprint density at radius 2 is 2.05 bits per heavy atom. The zero-order valence-corrected chi connectivity index (χ0v) is 13.2. The van der Waals surface area contributed by atoms with E-state index in [1.807, 2.05) is 0 Å². The summed E-state index contributed by atoms with van der Waals surface area (Å²) in [6.07, 6.45) is 1.21. The standard InChI is InChI=1S/C13H23ClN6/c1-4-20(5-2)13-17-11(14)16-12(18-13)15-8-10-6-7-19(3)9-10/h10H,4-9H2,1-3H3,(H,15,16,17,18). The Morgan fingerprint density at radius 3 is 2.65 bits per heavy atom. The van der Waals surface area contributed by atoms with E-state index >= 15 is 0 Å². The van der Waals surface area contributed by atoms with Crippen LogP contribution in [0.15, 0.2) is 0 Å². The first-order chi connectivity index (χ1) is 9.62. The molecule has 0 aromatic carbocycles. The number of rotatable bonds is 6. The molecule has 1 aromatic rings. The number of halogens is 1. The van der Waals surface area contributed by atoms with Crippen LogP contribution >= 0.6 is 11.6 Å². The van der Waals surface area contributed by atoms with Crippen LogP contribution in [0, 0.1) is 5.92 Å². The molecule has 0 spiro atoms. The fourth-order valence-corrected chi connectivity index (χ4v) is 2.65. The minimum atomic E-state index is 0.243. The lowest BCUT2D eigenvalue weighted by atomic mass is 10.1. The summed E-state index contributed by atoms with van der Waals surface area (Å²) < 4.78 is 0. The number of nitrogens with one attached hydrogen (secondary N) is 1. The highest BCUT2D eigenvalue weighted by atomic mass is 35.5. The molecule has 1 aromatic heterocycles. The van der Waals surface area contributed by atoms with E-state index in [1.165, 1.54) is 6.42 Å². The van der Waals surface area contributed by atoms with Crippen molar-refractivity contribution >= 4 is 23.5 Å². The first-order valence-electron chi connectivity index (χ1n) is 7.21. The normalized spacial score (nSPS) is 19.3. The summed E-state index contributed by atoms with van der Waals surface area (Å²) in [5, 5.41) is 3.53. The Labute approximate surface area is 125 Å². The van der Waals surface area contributed by atoms with Crippen LogP contribution in [0.1, 0.15) is 20.3 Å². The fraction of sp³-hybridized carbons (Fsp3) is 0.769. The molecule has 1 N–H and O–H groups in total. The van der Waals surface area contributed by atoms with Crippen molar-refractivity contribution in [3.63, 3.8) is 0 Å². The molecule has 112 valence electrons. The molecule has 20 heavy (non-hydrogen) atoms. The monoisotopic (exact) mass is 298 g/mol. The second kappa shape index (κ2) is 7.04. The van der Waals surface area contributed by atoms with Gasteiger partial charge in [-0.1, -0.05) is 0 Å². The first-order valence-corrected chi connectivity index (χ1v) is 7.59. The number of nitrogens with zero attached hydrogens (tertiary/aromatic N) is 5. The van der Waals surface area contributed by atoms with Gasteiger partial charge in [0.05, 0.1) is 0 Å². The summed E-state index contributed by atoms with van der Waals surface area (Å²) in [6.45, 7) is 9.00. The molecule has 0 bridgehead atoms. The van der Waals surface area contributed by atoms with Gasteiger partial charge in [0.25, 0.3) is 0 Å². The molecule has 7 heteroatoms. The van der Waals surface area contributed by atoms with Crippen molar-refractivity contribution in [1.29, 1.82) is 0 Å². The van der Waals surface area contributed by atoms with Crippen LogP contribution in [-0.4, -0.2) is 59.6 Å². The largest absolute Gasteiger partial charge is 0.354 e. The van der Waals surface area contributed by atoms with E-state index in [4.69, 9.17) is 11.6 Å². The molecule has 0 radical (unpaired) electrons. The number of hydrogen-bond acceptors (Lipinski definition) is 6. The predicted molar refractivity (Wildman–Crippen MR) is 82.5 cm³/mol. The van der Waals surface area contributed by atoms with E-state index < -0.39 is 0 Å². The van der Waals surface area contributed by atoms with E-state index in [0.717, 1.165) is 32.7 Å². The van der Waals surface area contributed by atoms with Crippen molar-refractivity contribution in [1.82, 2.24) is 19.9 Å². The van der Waals surface area contributed by atoms with Crippen LogP contribution in [-0.2, 0) is 0 Å². The van der Waals surface area contributed by atoms with Gasteiger partial charge in [-0.05, 0) is 51.4 Å². The molecule has 1 fully saturated rings. The molecule has 1 saturated heterocycles. The molecule has 2 heterocycles. The second-order valence-electron chi connectivity index (χ2n) is 5.20. The maximum Gasteiger partial charge on any atom is 0.231 e. The second-order valence-corrected chi connectivity index (χ2v) is 5.54. The lowest BCUT2D eigenvalue weighted by Crippen LogP contribution is -2.25. The first kappa shape index (κ1) is 15.3. The molecule has 0 saturated carbocycles. The molecular weight excluding hydrogens is 276 g/mol.